The normalized spacial score (nSPS) is 12.2. The Kier molecular flexibility index (Phi) is 3.96. The summed E-state index contributed by atoms with van der Waals surface area (Å²) in [7, 11) is 0. The van der Waals surface area contributed by atoms with Crippen molar-refractivity contribution in [3.63, 3.8) is 0 Å². The Morgan fingerprint density at radius 1 is 1.62 bits per heavy atom. The largest absolute Gasteiger partial charge is 0.356 e. The van der Waals surface area contributed by atoms with E-state index >= 15 is 0 Å². The molecule has 13 heavy (non-hydrogen) atoms. The molecule has 1 aromatic rings. The molecule has 0 spiro atoms. The Labute approximate surface area is 86.5 Å². The highest BCUT2D eigenvalue weighted by atomic mass is 79.9. The highest BCUT2D eigenvalue weighted by molar-refractivity contribution is 9.10. The Balaban J connectivity index is 2.58. The molecule has 1 N–H and O–H groups in total. The number of amides is 1. The molecule has 0 fully saturated rings. The summed E-state index contributed by atoms with van der Waals surface area (Å²) in [5.41, 5.74) is 1.22. The van der Waals surface area contributed by atoms with Crippen molar-refractivity contribution in [1.29, 1.82) is 0 Å². The average molecular weight is 242 g/mol. The molecule has 0 aliphatic rings. The van der Waals surface area contributed by atoms with E-state index in [1.165, 1.54) is 5.56 Å². The van der Waals surface area contributed by atoms with Crippen LogP contribution in [0.15, 0.2) is 28.7 Å². The first-order chi connectivity index (χ1) is 6.22. The maximum absolute atomic E-state index is 10.2. The van der Waals surface area contributed by atoms with Gasteiger partial charge in [0.25, 0.3) is 0 Å². The van der Waals surface area contributed by atoms with Crippen LogP contribution in [0.25, 0.3) is 0 Å². The predicted octanol–water partition coefficient (Wildman–Crippen LogP) is 2.13. The Hall–Kier alpha value is -0.830. The summed E-state index contributed by atoms with van der Waals surface area (Å²) in [6.45, 7) is 1.98. The van der Waals surface area contributed by atoms with E-state index in [4.69, 9.17) is 0 Å². The lowest BCUT2D eigenvalue weighted by Gasteiger charge is -2.09. The van der Waals surface area contributed by atoms with E-state index in [-0.39, 0.29) is 6.04 Å². The fourth-order valence-corrected chi connectivity index (χ4v) is 1.64. The maximum atomic E-state index is 10.2. The third-order valence-corrected chi connectivity index (χ3v) is 2.28. The van der Waals surface area contributed by atoms with Gasteiger partial charge in [0.1, 0.15) is 0 Å². The number of carbonyl (C=O) groups excluding carboxylic acids is 1. The Bertz CT molecular complexity index is 288. The van der Waals surface area contributed by atoms with Gasteiger partial charge in [-0.05, 0) is 31.0 Å². The second-order valence-corrected chi connectivity index (χ2v) is 3.94. The molecule has 0 bridgehead atoms. The van der Waals surface area contributed by atoms with Crippen LogP contribution in [0.3, 0.4) is 0 Å². The quantitative estimate of drug-likeness (QED) is 0.805. The summed E-state index contributed by atoms with van der Waals surface area (Å²) in [5, 5.41) is 2.72. The number of benzene rings is 1. The monoisotopic (exact) mass is 241 g/mol. The summed E-state index contributed by atoms with van der Waals surface area (Å²) in [6, 6.07) is 8.28. The van der Waals surface area contributed by atoms with Crippen LogP contribution < -0.4 is 5.32 Å². The summed E-state index contributed by atoms with van der Waals surface area (Å²) in [5.74, 6) is 0. The zero-order valence-electron chi connectivity index (χ0n) is 7.46. The van der Waals surface area contributed by atoms with E-state index in [2.05, 4.69) is 27.3 Å². The van der Waals surface area contributed by atoms with Crippen molar-refractivity contribution in [3.05, 3.63) is 34.3 Å². The van der Waals surface area contributed by atoms with Crippen molar-refractivity contribution in [2.45, 2.75) is 19.4 Å². The fourth-order valence-electron chi connectivity index (χ4n) is 1.19. The van der Waals surface area contributed by atoms with Gasteiger partial charge >= 0.3 is 0 Å². The van der Waals surface area contributed by atoms with Gasteiger partial charge < -0.3 is 5.32 Å². The van der Waals surface area contributed by atoms with Crippen LogP contribution in [0.5, 0.6) is 0 Å². The molecular formula is C10H12BrNO. The molecule has 1 atom stereocenters. The minimum absolute atomic E-state index is 0.187. The van der Waals surface area contributed by atoms with E-state index < -0.39 is 0 Å². The molecule has 0 saturated carbocycles. The van der Waals surface area contributed by atoms with Crippen LogP contribution in [-0.2, 0) is 11.2 Å². The van der Waals surface area contributed by atoms with Crippen LogP contribution in [0.2, 0.25) is 0 Å². The minimum Gasteiger partial charge on any atom is -0.356 e. The lowest BCUT2D eigenvalue weighted by molar-refractivity contribution is -0.110. The highest BCUT2D eigenvalue weighted by Crippen LogP contribution is 2.12. The van der Waals surface area contributed by atoms with E-state index in [1.807, 2.05) is 25.1 Å². The Morgan fingerprint density at radius 2 is 2.38 bits per heavy atom. The van der Waals surface area contributed by atoms with Gasteiger partial charge in [0, 0.05) is 10.5 Å². The summed E-state index contributed by atoms with van der Waals surface area (Å²) >= 11 is 3.40. The van der Waals surface area contributed by atoms with Crippen molar-refractivity contribution >= 4 is 22.3 Å². The molecule has 1 amide bonds. The first kappa shape index (κ1) is 10.3. The molecule has 0 heterocycles. The number of nitrogens with one attached hydrogen (secondary N) is 1. The fraction of sp³-hybridized carbons (Fsp3) is 0.300. The van der Waals surface area contributed by atoms with E-state index in [1.54, 1.807) is 0 Å². The minimum atomic E-state index is 0.187. The molecular weight excluding hydrogens is 230 g/mol. The molecule has 0 unspecified atom stereocenters. The second-order valence-electron chi connectivity index (χ2n) is 3.02. The van der Waals surface area contributed by atoms with Gasteiger partial charge in [0.05, 0.1) is 0 Å². The van der Waals surface area contributed by atoms with Crippen molar-refractivity contribution in [1.82, 2.24) is 5.32 Å². The van der Waals surface area contributed by atoms with Crippen molar-refractivity contribution in [3.8, 4) is 0 Å². The van der Waals surface area contributed by atoms with Gasteiger partial charge in [-0.3, -0.25) is 4.79 Å². The van der Waals surface area contributed by atoms with E-state index in [0.717, 1.165) is 17.3 Å². The van der Waals surface area contributed by atoms with E-state index in [9.17, 15) is 4.79 Å². The topological polar surface area (TPSA) is 29.1 Å². The third-order valence-electron chi connectivity index (χ3n) is 1.78. The first-order valence-corrected chi connectivity index (χ1v) is 4.96. The third kappa shape index (κ3) is 3.59. The molecule has 0 radical (unpaired) electrons. The van der Waals surface area contributed by atoms with Gasteiger partial charge in [0.2, 0.25) is 6.41 Å². The maximum Gasteiger partial charge on any atom is 0.207 e. The molecule has 1 aromatic carbocycles. The highest BCUT2D eigenvalue weighted by Gasteiger charge is 2.01. The number of carbonyl (C=O) groups is 1. The van der Waals surface area contributed by atoms with Crippen LogP contribution >= 0.6 is 15.9 Å². The van der Waals surface area contributed by atoms with Crippen molar-refractivity contribution < 1.29 is 4.79 Å². The lowest BCUT2D eigenvalue weighted by atomic mass is 10.1. The van der Waals surface area contributed by atoms with Gasteiger partial charge in [-0.2, -0.15) is 0 Å². The number of rotatable bonds is 4. The van der Waals surface area contributed by atoms with Crippen LogP contribution in [-0.4, -0.2) is 12.5 Å². The van der Waals surface area contributed by atoms with Gasteiger partial charge in [-0.25, -0.2) is 0 Å². The average Bonchev–Trinajstić information content (AvgIpc) is 2.04. The molecule has 0 aliphatic carbocycles. The molecule has 3 heteroatoms. The van der Waals surface area contributed by atoms with E-state index in [0.29, 0.717) is 0 Å². The van der Waals surface area contributed by atoms with Crippen LogP contribution in [0.4, 0.5) is 0 Å². The summed E-state index contributed by atoms with van der Waals surface area (Å²) < 4.78 is 1.07. The van der Waals surface area contributed by atoms with Crippen molar-refractivity contribution in [2.24, 2.45) is 0 Å². The molecule has 0 saturated heterocycles. The SMILES string of the molecule is C[C@H](Cc1cccc(Br)c1)NC=O. The molecule has 2 nitrogen and oxygen atoms in total. The Morgan fingerprint density at radius 3 is 3.00 bits per heavy atom. The number of hydrogen-bond donors (Lipinski definition) is 1. The molecule has 0 aliphatic heterocycles. The van der Waals surface area contributed by atoms with Crippen molar-refractivity contribution in [2.75, 3.05) is 0 Å². The van der Waals surface area contributed by atoms with Gasteiger partial charge in [0.15, 0.2) is 0 Å². The van der Waals surface area contributed by atoms with Gasteiger partial charge in [-0.15, -0.1) is 0 Å². The zero-order valence-corrected chi connectivity index (χ0v) is 9.04. The van der Waals surface area contributed by atoms with Crippen LogP contribution in [0.1, 0.15) is 12.5 Å². The molecule has 1 rings (SSSR count). The number of hydrogen-bond acceptors (Lipinski definition) is 1. The van der Waals surface area contributed by atoms with Gasteiger partial charge in [-0.1, -0.05) is 28.1 Å². The molecule has 70 valence electrons. The smallest absolute Gasteiger partial charge is 0.207 e. The molecule has 0 aromatic heterocycles. The standard InChI is InChI=1S/C10H12BrNO/c1-8(12-7-13)5-9-3-2-4-10(11)6-9/h2-4,6-8H,5H2,1H3,(H,12,13)/t8-/m1/s1. The van der Waals surface area contributed by atoms with Crippen LogP contribution in [0, 0.1) is 0 Å². The summed E-state index contributed by atoms with van der Waals surface area (Å²) in [4.78, 5) is 10.2. The second kappa shape index (κ2) is 5.02. The number of halogens is 1. The lowest BCUT2D eigenvalue weighted by Crippen LogP contribution is -2.26. The predicted molar refractivity (Wildman–Crippen MR) is 56.5 cm³/mol. The first-order valence-electron chi connectivity index (χ1n) is 4.16. The summed E-state index contributed by atoms with van der Waals surface area (Å²) in [6.07, 6.45) is 1.60. The zero-order chi connectivity index (χ0) is 9.68.